The molecule has 4 rings (SSSR count). The number of carbonyl (C=O) groups is 1. The standard InChI is InChI=1S/C23H24N4O/c1-17-6-5-9-20(14-17)26-23(28)19-10-11-22(25-15-19)27-13-12-24-21(16-27)18-7-3-2-4-8-18/h2-11,14-15,21,24H,12-13,16H2,1H3,(H,26,28)/t21-/m0/s1. The van der Waals surface area contributed by atoms with Crippen molar-refractivity contribution in [3.8, 4) is 0 Å². The third kappa shape index (κ3) is 4.21. The first kappa shape index (κ1) is 18.2. The van der Waals surface area contributed by atoms with Crippen molar-refractivity contribution < 1.29 is 4.79 Å². The van der Waals surface area contributed by atoms with Gasteiger partial charge in [-0.25, -0.2) is 4.98 Å². The Kier molecular flexibility index (Phi) is 5.35. The van der Waals surface area contributed by atoms with Crippen LogP contribution in [0.5, 0.6) is 0 Å². The number of nitrogens with zero attached hydrogens (tertiary/aromatic N) is 2. The Hall–Kier alpha value is -3.18. The van der Waals surface area contributed by atoms with Crippen molar-refractivity contribution in [3.05, 3.63) is 89.6 Å². The number of piperazine rings is 1. The van der Waals surface area contributed by atoms with Crippen LogP contribution in [0.4, 0.5) is 11.5 Å². The molecule has 0 radical (unpaired) electrons. The summed E-state index contributed by atoms with van der Waals surface area (Å²) in [5, 5.41) is 6.49. The zero-order valence-electron chi connectivity index (χ0n) is 15.9. The van der Waals surface area contributed by atoms with Crippen molar-refractivity contribution in [2.75, 3.05) is 29.9 Å². The molecule has 2 heterocycles. The van der Waals surface area contributed by atoms with Gasteiger partial charge in [0.1, 0.15) is 5.82 Å². The molecule has 0 aliphatic carbocycles. The highest BCUT2D eigenvalue weighted by Crippen LogP contribution is 2.21. The van der Waals surface area contributed by atoms with Gasteiger partial charge in [-0.3, -0.25) is 4.79 Å². The second kappa shape index (κ2) is 8.23. The van der Waals surface area contributed by atoms with Crippen LogP contribution in [0.15, 0.2) is 72.9 Å². The molecule has 1 atom stereocenters. The van der Waals surface area contributed by atoms with Crippen molar-refractivity contribution in [1.29, 1.82) is 0 Å². The molecule has 1 fully saturated rings. The Morgan fingerprint density at radius 3 is 2.71 bits per heavy atom. The summed E-state index contributed by atoms with van der Waals surface area (Å²) in [5.74, 6) is 0.752. The highest BCUT2D eigenvalue weighted by molar-refractivity contribution is 6.04. The number of nitrogens with one attached hydrogen (secondary N) is 2. The minimum atomic E-state index is -0.146. The monoisotopic (exact) mass is 372 g/mol. The number of amides is 1. The zero-order chi connectivity index (χ0) is 19.3. The average Bonchev–Trinajstić information content (AvgIpc) is 2.75. The SMILES string of the molecule is Cc1cccc(NC(=O)c2ccc(N3CCN[C@H](c4ccccc4)C3)nc2)c1. The highest BCUT2D eigenvalue weighted by atomic mass is 16.1. The van der Waals surface area contributed by atoms with Gasteiger partial charge in [0.25, 0.3) is 5.91 Å². The van der Waals surface area contributed by atoms with Crippen molar-refractivity contribution in [3.63, 3.8) is 0 Å². The summed E-state index contributed by atoms with van der Waals surface area (Å²) >= 11 is 0. The summed E-state index contributed by atoms with van der Waals surface area (Å²) in [7, 11) is 0. The van der Waals surface area contributed by atoms with E-state index in [2.05, 4.69) is 44.8 Å². The van der Waals surface area contributed by atoms with E-state index in [1.54, 1.807) is 6.20 Å². The van der Waals surface area contributed by atoms with E-state index in [-0.39, 0.29) is 11.9 Å². The highest BCUT2D eigenvalue weighted by Gasteiger charge is 2.21. The lowest BCUT2D eigenvalue weighted by Gasteiger charge is -2.34. The number of carbonyl (C=O) groups excluding carboxylic acids is 1. The predicted octanol–water partition coefficient (Wildman–Crippen LogP) is 3.79. The van der Waals surface area contributed by atoms with E-state index in [1.807, 2.05) is 49.4 Å². The maximum Gasteiger partial charge on any atom is 0.257 e. The first-order valence-corrected chi connectivity index (χ1v) is 9.56. The summed E-state index contributed by atoms with van der Waals surface area (Å²) in [4.78, 5) is 19.3. The minimum Gasteiger partial charge on any atom is -0.353 e. The van der Waals surface area contributed by atoms with Crippen LogP contribution < -0.4 is 15.5 Å². The Morgan fingerprint density at radius 1 is 1.11 bits per heavy atom. The van der Waals surface area contributed by atoms with Crippen molar-refractivity contribution >= 4 is 17.4 Å². The Balaban J connectivity index is 1.43. The van der Waals surface area contributed by atoms with E-state index in [0.29, 0.717) is 5.56 Å². The lowest BCUT2D eigenvalue weighted by atomic mass is 10.0. The molecule has 2 N–H and O–H groups in total. The summed E-state index contributed by atoms with van der Waals surface area (Å²) in [6.45, 7) is 4.65. The normalized spacial score (nSPS) is 16.6. The van der Waals surface area contributed by atoms with Crippen LogP contribution in [-0.4, -0.2) is 30.5 Å². The van der Waals surface area contributed by atoms with Crippen molar-refractivity contribution in [1.82, 2.24) is 10.3 Å². The van der Waals surface area contributed by atoms with Crippen LogP contribution in [0.3, 0.4) is 0 Å². The fourth-order valence-electron chi connectivity index (χ4n) is 3.50. The van der Waals surface area contributed by atoms with Gasteiger partial charge in [-0.05, 0) is 42.3 Å². The molecule has 0 bridgehead atoms. The van der Waals surface area contributed by atoms with Gasteiger partial charge in [0.15, 0.2) is 0 Å². The topological polar surface area (TPSA) is 57.3 Å². The molecule has 1 saturated heterocycles. The van der Waals surface area contributed by atoms with Gasteiger partial charge < -0.3 is 15.5 Å². The number of rotatable bonds is 4. The van der Waals surface area contributed by atoms with E-state index >= 15 is 0 Å². The van der Waals surface area contributed by atoms with Gasteiger partial charge in [-0.15, -0.1) is 0 Å². The Bertz CT molecular complexity index is 940. The third-order valence-corrected chi connectivity index (χ3v) is 4.99. The summed E-state index contributed by atoms with van der Waals surface area (Å²) < 4.78 is 0. The van der Waals surface area contributed by atoms with Gasteiger partial charge in [0, 0.05) is 37.6 Å². The first-order chi connectivity index (χ1) is 13.7. The van der Waals surface area contributed by atoms with E-state index in [1.165, 1.54) is 5.56 Å². The smallest absolute Gasteiger partial charge is 0.257 e. The van der Waals surface area contributed by atoms with Gasteiger partial charge in [0.05, 0.1) is 5.56 Å². The number of aromatic nitrogens is 1. The molecular weight excluding hydrogens is 348 g/mol. The van der Waals surface area contributed by atoms with E-state index in [0.717, 1.165) is 36.7 Å². The Labute approximate surface area is 165 Å². The van der Waals surface area contributed by atoms with Crippen LogP contribution >= 0.6 is 0 Å². The molecule has 5 heteroatoms. The minimum absolute atomic E-state index is 0.146. The maximum atomic E-state index is 12.5. The lowest BCUT2D eigenvalue weighted by Crippen LogP contribution is -2.46. The molecule has 3 aromatic rings. The Morgan fingerprint density at radius 2 is 1.96 bits per heavy atom. The summed E-state index contributed by atoms with van der Waals surface area (Å²) in [6, 6.07) is 22.3. The van der Waals surface area contributed by atoms with Crippen LogP contribution in [0.2, 0.25) is 0 Å². The number of hydrogen-bond donors (Lipinski definition) is 2. The van der Waals surface area contributed by atoms with Gasteiger partial charge >= 0.3 is 0 Å². The largest absolute Gasteiger partial charge is 0.353 e. The molecule has 0 saturated carbocycles. The van der Waals surface area contributed by atoms with E-state index < -0.39 is 0 Å². The fraction of sp³-hybridized carbons (Fsp3) is 0.217. The molecule has 1 amide bonds. The quantitative estimate of drug-likeness (QED) is 0.732. The summed E-state index contributed by atoms with van der Waals surface area (Å²) in [5.41, 5.74) is 3.74. The van der Waals surface area contributed by atoms with Crippen LogP contribution in [-0.2, 0) is 0 Å². The van der Waals surface area contributed by atoms with E-state index in [9.17, 15) is 4.79 Å². The van der Waals surface area contributed by atoms with Gasteiger partial charge in [0.2, 0.25) is 0 Å². The molecule has 5 nitrogen and oxygen atoms in total. The van der Waals surface area contributed by atoms with Gasteiger partial charge in [-0.2, -0.15) is 0 Å². The molecule has 28 heavy (non-hydrogen) atoms. The molecular formula is C23H24N4O. The predicted molar refractivity (Wildman–Crippen MR) is 113 cm³/mol. The number of benzene rings is 2. The van der Waals surface area contributed by atoms with Crippen LogP contribution in [0.25, 0.3) is 0 Å². The number of anilines is 2. The summed E-state index contributed by atoms with van der Waals surface area (Å²) in [6.07, 6.45) is 1.65. The lowest BCUT2D eigenvalue weighted by molar-refractivity contribution is 0.102. The second-order valence-corrected chi connectivity index (χ2v) is 7.09. The number of hydrogen-bond acceptors (Lipinski definition) is 4. The molecule has 1 aliphatic rings. The molecule has 142 valence electrons. The molecule has 0 unspecified atom stereocenters. The number of aryl methyl sites for hydroxylation is 1. The van der Waals surface area contributed by atoms with Crippen LogP contribution in [0, 0.1) is 6.92 Å². The molecule has 1 aromatic heterocycles. The molecule has 0 spiro atoms. The maximum absolute atomic E-state index is 12.5. The molecule has 1 aliphatic heterocycles. The van der Waals surface area contributed by atoms with Crippen molar-refractivity contribution in [2.24, 2.45) is 0 Å². The second-order valence-electron chi connectivity index (χ2n) is 7.09. The zero-order valence-corrected chi connectivity index (χ0v) is 15.9. The molecule has 2 aromatic carbocycles. The third-order valence-electron chi connectivity index (χ3n) is 4.99. The van der Waals surface area contributed by atoms with Gasteiger partial charge in [-0.1, -0.05) is 42.5 Å². The number of pyridine rings is 1. The first-order valence-electron chi connectivity index (χ1n) is 9.56. The van der Waals surface area contributed by atoms with Crippen LogP contribution in [0.1, 0.15) is 27.5 Å². The van der Waals surface area contributed by atoms with E-state index in [4.69, 9.17) is 0 Å². The average molecular weight is 372 g/mol. The van der Waals surface area contributed by atoms with Crippen molar-refractivity contribution in [2.45, 2.75) is 13.0 Å². The fourth-order valence-corrected chi connectivity index (χ4v) is 3.50.